The number of rotatable bonds is 9. The molecular formula is C22H26N4O3S. The van der Waals surface area contributed by atoms with Crippen LogP contribution >= 0.6 is 11.8 Å². The molecule has 8 heteroatoms. The molecular weight excluding hydrogens is 400 g/mol. The maximum Gasteiger partial charge on any atom is 0.355 e. The third-order valence-electron chi connectivity index (χ3n) is 4.84. The quantitative estimate of drug-likeness (QED) is 0.316. The van der Waals surface area contributed by atoms with Gasteiger partial charge in [0.2, 0.25) is 0 Å². The second-order valence-electron chi connectivity index (χ2n) is 6.86. The molecule has 0 unspecified atom stereocenters. The van der Waals surface area contributed by atoms with Crippen LogP contribution in [0.2, 0.25) is 0 Å². The average molecular weight is 427 g/mol. The van der Waals surface area contributed by atoms with E-state index in [1.54, 1.807) is 20.8 Å². The van der Waals surface area contributed by atoms with Crippen LogP contribution in [0, 0.1) is 13.8 Å². The van der Waals surface area contributed by atoms with Crippen molar-refractivity contribution in [2.24, 2.45) is 0 Å². The van der Waals surface area contributed by atoms with E-state index in [2.05, 4.69) is 27.3 Å². The Kier molecular flexibility index (Phi) is 7.10. The molecule has 7 nitrogen and oxygen atoms in total. The molecule has 158 valence electrons. The van der Waals surface area contributed by atoms with Gasteiger partial charge in [-0.15, -0.1) is 10.2 Å². The summed E-state index contributed by atoms with van der Waals surface area (Å²) in [6.07, 6.45) is 0.690. The molecule has 30 heavy (non-hydrogen) atoms. The van der Waals surface area contributed by atoms with Crippen molar-refractivity contribution in [1.29, 1.82) is 0 Å². The second-order valence-corrected chi connectivity index (χ2v) is 7.81. The lowest BCUT2D eigenvalue weighted by molar-refractivity contribution is 0.0519. The van der Waals surface area contributed by atoms with Gasteiger partial charge in [0.25, 0.3) is 0 Å². The highest BCUT2D eigenvalue weighted by Crippen LogP contribution is 2.24. The number of nitrogens with zero attached hydrogens (tertiary/aromatic N) is 3. The Balaban J connectivity index is 1.73. The number of nitrogens with one attached hydrogen (secondary N) is 1. The van der Waals surface area contributed by atoms with Crippen molar-refractivity contribution in [2.45, 2.75) is 45.8 Å². The molecule has 0 aliphatic heterocycles. The van der Waals surface area contributed by atoms with Crippen molar-refractivity contribution in [2.75, 3.05) is 12.4 Å². The third-order valence-corrected chi connectivity index (χ3v) is 5.81. The van der Waals surface area contributed by atoms with Gasteiger partial charge < -0.3 is 14.3 Å². The van der Waals surface area contributed by atoms with Gasteiger partial charge in [-0.25, -0.2) is 4.79 Å². The van der Waals surface area contributed by atoms with E-state index in [-0.39, 0.29) is 18.1 Å². The minimum Gasteiger partial charge on any atom is -0.461 e. The third kappa shape index (κ3) is 4.64. The molecule has 0 atom stereocenters. The second kappa shape index (κ2) is 9.75. The number of carbonyl (C=O) groups is 2. The Morgan fingerprint density at radius 2 is 1.87 bits per heavy atom. The lowest BCUT2D eigenvalue weighted by Crippen LogP contribution is -2.09. The van der Waals surface area contributed by atoms with Crippen molar-refractivity contribution in [1.82, 2.24) is 19.7 Å². The number of Topliss-reactive ketones (excluding diaryl/α,β-unsaturated/α-hetero) is 1. The predicted molar refractivity (Wildman–Crippen MR) is 116 cm³/mol. The first-order valence-corrected chi connectivity index (χ1v) is 10.9. The number of aromatic nitrogens is 4. The Morgan fingerprint density at radius 1 is 1.13 bits per heavy atom. The molecule has 0 aliphatic rings. The first-order chi connectivity index (χ1) is 14.5. The number of H-pyrrole nitrogens is 1. The van der Waals surface area contributed by atoms with Gasteiger partial charge in [0.05, 0.1) is 12.4 Å². The van der Waals surface area contributed by atoms with Crippen LogP contribution in [0.4, 0.5) is 0 Å². The fraction of sp³-hybridized carbons (Fsp3) is 0.364. The van der Waals surface area contributed by atoms with E-state index in [4.69, 9.17) is 4.74 Å². The molecule has 2 aromatic heterocycles. The summed E-state index contributed by atoms with van der Waals surface area (Å²) >= 11 is 1.36. The highest BCUT2D eigenvalue weighted by Gasteiger charge is 2.23. The summed E-state index contributed by atoms with van der Waals surface area (Å²) in [6, 6.07) is 10.1. The van der Waals surface area contributed by atoms with Crippen LogP contribution < -0.4 is 0 Å². The van der Waals surface area contributed by atoms with Crippen LogP contribution in [0.25, 0.3) is 0 Å². The molecule has 1 N–H and O–H groups in total. The smallest absolute Gasteiger partial charge is 0.355 e. The highest BCUT2D eigenvalue weighted by atomic mass is 32.2. The van der Waals surface area contributed by atoms with Gasteiger partial charge in [-0.1, -0.05) is 42.1 Å². The zero-order valence-corrected chi connectivity index (χ0v) is 18.5. The van der Waals surface area contributed by atoms with Gasteiger partial charge in [-0.2, -0.15) is 0 Å². The Labute approximate surface area is 180 Å². The first kappa shape index (κ1) is 21.8. The largest absolute Gasteiger partial charge is 0.461 e. The maximum atomic E-state index is 12.9. The number of benzene rings is 1. The van der Waals surface area contributed by atoms with Crippen molar-refractivity contribution >= 4 is 23.5 Å². The van der Waals surface area contributed by atoms with Gasteiger partial charge in [0.1, 0.15) is 11.5 Å². The van der Waals surface area contributed by atoms with Crippen LogP contribution in [0.1, 0.15) is 57.3 Å². The van der Waals surface area contributed by atoms with Crippen molar-refractivity contribution in [3.63, 3.8) is 0 Å². The molecule has 0 fully saturated rings. The van der Waals surface area contributed by atoms with Crippen molar-refractivity contribution < 1.29 is 14.3 Å². The SMILES string of the molecule is CCOC(=O)c1[nH]c(C)c(C(=O)CSc2nnc(Cc3ccccc3)n2CC)c1C. The van der Waals surface area contributed by atoms with E-state index in [0.29, 0.717) is 34.1 Å². The lowest BCUT2D eigenvalue weighted by Gasteiger charge is -2.07. The van der Waals surface area contributed by atoms with Gasteiger partial charge >= 0.3 is 5.97 Å². The summed E-state index contributed by atoms with van der Waals surface area (Å²) in [4.78, 5) is 28.0. The van der Waals surface area contributed by atoms with E-state index >= 15 is 0 Å². The van der Waals surface area contributed by atoms with Crippen LogP contribution in [0.15, 0.2) is 35.5 Å². The van der Waals surface area contributed by atoms with Crippen LogP contribution in [0.3, 0.4) is 0 Å². The molecule has 2 heterocycles. The summed E-state index contributed by atoms with van der Waals surface area (Å²) in [6.45, 7) is 8.35. The number of aryl methyl sites for hydroxylation is 1. The summed E-state index contributed by atoms with van der Waals surface area (Å²) in [7, 11) is 0. The fourth-order valence-corrected chi connectivity index (χ4v) is 4.32. The summed E-state index contributed by atoms with van der Waals surface area (Å²) in [5, 5.41) is 9.34. The summed E-state index contributed by atoms with van der Waals surface area (Å²) in [5.74, 6) is 0.584. The van der Waals surface area contributed by atoms with Crippen LogP contribution in [-0.2, 0) is 17.7 Å². The molecule has 1 aromatic carbocycles. The molecule has 0 aliphatic carbocycles. The minimum absolute atomic E-state index is 0.0583. The number of hydrogen-bond donors (Lipinski definition) is 1. The van der Waals surface area contributed by atoms with Crippen LogP contribution in [0.5, 0.6) is 0 Å². The molecule has 0 saturated carbocycles. The van der Waals surface area contributed by atoms with Gasteiger partial charge in [-0.05, 0) is 38.8 Å². The van der Waals surface area contributed by atoms with Crippen LogP contribution in [-0.4, -0.2) is 43.9 Å². The van der Waals surface area contributed by atoms with E-state index in [1.807, 2.05) is 29.7 Å². The Bertz CT molecular complexity index is 1040. The standard InChI is InChI=1S/C22H26N4O3S/c1-5-26-18(12-16-10-8-7-9-11-16)24-25-22(26)30-13-17(27)19-14(3)20(23-15(19)4)21(28)29-6-2/h7-11,23H,5-6,12-13H2,1-4H3. The van der Waals surface area contributed by atoms with Gasteiger partial charge in [-0.3, -0.25) is 4.79 Å². The zero-order chi connectivity index (χ0) is 21.7. The topological polar surface area (TPSA) is 89.9 Å². The normalized spacial score (nSPS) is 10.9. The van der Waals surface area contributed by atoms with E-state index in [0.717, 1.165) is 17.9 Å². The minimum atomic E-state index is -0.443. The summed E-state index contributed by atoms with van der Waals surface area (Å²) < 4.78 is 7.09. The first-order valence-electron chi connectivity index (χ1n) is 9.94. The molecule has 0 amide bonds. The number of thioether (sulfide) groups is 1. The van der Waals surface area contributed by atoms with Crippen molar-refractivity contribution in [3.8, 4) is 0 Å². The predicted octanol–water partition coefficient (Wildman–Crippen LogP) is 3.99. The number of carbonyl (C=O) groups excluding carboxylic acids is 2. The number of ether oxygens (including phenoxy) is 1. The lowest BCUT2D eigenvalue weighted by atomic mass is 10.1. The maximum absolute atomic E-state index is 12.9. The molecule has 3 rings (SSSR count). The highest BCUT2D eigenvalue weighted by molar-refractivity contribution is 7.99. The zero-order valence-electron chi connectivity index (χ0n) is 17.7. The number of ketones is 1. The van der Waals surface area contributed by atoms with E-state index in [9.17, 15) is 9.59 Å². The Morgan fingerprint density at radius 3 is 2.53 bits per heavy atom. The Hall–Kier alpha value is -2.87. The van der Waals surface area contributed by atoms with E-state index in [1.165, 1.54) is 11.8 Å². The summed E-state index contributed by atoms with van der Waals surface area (Å²) in [5.41, 5.74) is 3.33. The molecule has 0 radical (unpaired) electrons. The molecule has 3 aromatic rings. The van der Waals surface area contributed by atoms with Gasteiger partial charge in [0.15, 0.2) is 10.9 Å². The number of esters is 1. The van der Waals surface area contributed by atoms with E-state index < -0.39 is 5.97 Å². The number of aromatic amines is 1. The number of hydrogen-bond acceptors (Lipinski definition) is 6. The average Bonchev–Trinajstić information content (AvgIpc) is 3.26. The molecule has 0 saturated heterocycles. The molecule has 0 bridgehead atoms. The molecule has 0 spiro atoms. The fourth-order valence-electron chi connectivity index (χ4n) is 3.43. The monoisotopic (exact) mass is 426 g/mol. The van der Waals surface area contributed by atoms with Gasteiger partial charge in [0, 0.05) is 24.2 Å². The van der Waals surface area contributed by atoms with Crippen molar-refractivity contribution in [3.05, 3.63) is 64.2 Å².